The van der Waals surface area contributed by atoms with Crippen molar-refractivity contribution in [2.75, 3.05) is 45.9 Å². The van der Waals surface area contributed by atoms with E-state index in [9.17, 15) is 80.1 Å². The number of cyclic esters (lactones) is 1. The summed E-state index contributed by atoms with van der Waals surface area (Å²) in [7, 11) is 0. The van der Waals surface area contributed by atoms with Crippen LogP contribution in [0.15, 0.2) is 85.1 Å². The third-order valence-corrected chi connectivity index (χ3v) is 17.5. The quantitative estimate of drug-likeness (QED) is 0.0716. The number of carbonyl (C=O) groups excluding carboxylic acids is 5. The number of nitrogens with zero attached hydrogens (tertiary/aromatic N) is 2. The lowest BCUT2D eigenvalue weighted by Crippen LogP contribution is -2.62. The molecular weight excluding hydrogens is 1200 g/mol. The first-order chi connectivity index (χ1) is 43.7. The molecule has 16 N–H and O–H groups in total. The number of amides is 4. The van der Waals surface area contributed by atoms with E-state index in [-0.39, 0.29) is 70.4 Å². The molecule has 0 aliphatic carbocycles. The highest BCUT2D eigenvalue weighted by Gasteiger charge is 2.51. The van der Waals surface area contributed by atoms with Gasteiger partial charge in [-0.1, -0.05) is 98.9 Å². The highest BCUT2D eigenvalue weighted by atomic mass is 16.7. The number of aliphatic hydroxyl groups excluding tert-OH is 10. The summed E-state index contributed by atoms with van der Waals surface area (Å²) in [6.07, 6.45) is 4.46. The second-order valence-electron chi connectivity index (χ2n) is 24.9. The largest absolute Gasteiger partial charge is 0.462 e. The van der Waals surface area contributed by atoms with Gasteiger partial charge in [-0.2, -0.15) is 0 Å². The van der Waals surface area contributed by atoms with Crippen molar-refractivity contribution in [1.82, 2.24) is 25.8 Å². The van der Waals surface area contributed by atoms with Crippen LogP contribution >= 0.6 is 0 Å². The van der Waals surface area contributed by atoms with Crippen molar-refractivity contribution in [2.24, 2.45) is 23.5 Å². The van der Waals surface area contributed by atoms with E-state index in [4.69, 9.17) is 29.4 Å². The van der Waals surface area contributed by atoms with E-state index < -0.39 is 177 Å². The number of allylic oxidation sites excluding steroid dienone is 12. The fourth-order valence-corrected chi connectivity index (χ4v) is 12.1. The summed E-state index contributed by atoms with van der Waals surface area (Å²) >= 11 is 0. The monoisotopic (exact) mass is 1300 g/mol. The van der Waals surface area contributed by atoms with Gasteiger partial charge in [0.05, 0.1) is 111 Å². The normalized spacial score (nSPS) is 36.9. The molecule has 2 bridgehead atoms. The minimum absolute atomic E-state index is 0.00436. The molecule has 0 radical (unpaired) electrons. The molecular formula is C65H104N6O21. The number of fused-ring (bicyclic) bond motifs is 2. The lowest BCUT2D eigenvalue weighted by Gasteiger charge is -2.46. The van der Waals surface area contributed by atoms with E-state index in [1.54, 1.807) is 105 Å². The molecule has 5 heterocycles. The van der Waals surface area contributed by atoms with Crippen molar-refractivity contribution in [1.29, 1.82) is 0 Å². The molecule has 27 nitrogen and oxygen atoms in total. The number of ether oxygens (including phenoxy) is 5. The van der Waals surface area contributed by atoms with E-state index in [2.05, 4.69) is 16.0 Å². The Hall–Kier alpha value is -5.15. The van der Waals surface area contributed by atoms with E-state index >= 15 is 0 Å². The van der Waals surface area contributed by atoms with Crippen LogP contribution in [0.5, 0.6) is 0 Å². The van der Waals surface area contributed by atoms with Crippen LogP contribution in [0, 0.1) is 17.8 Å². The third kappa shape index (κ3) is 24.9. The zero-order chi connectivity index (χ0) is 67.7. The highest BCUT2D eigenvalue weighted by Crippen LogP contribution is 2.38. The van der Waals surface area contributed by atoms with Gasteiger partial charge in [-0.3, -0.25) is 28.9 Å². The highest BCUT2D eigenvalue weighted by molar-refractivity contribution is 5.91. The fourth-order valence-electron chi connectivity index (χ4n) is 12.1. The van der Waals surface area contributed by atoms with Gasteiger partial charge >= 0.3 is 5.97 Å². The predicted molar refractivity (Wildman–Crippen MR) is 335 cm³/mol. The molecule has 0 aromatic carbocycles. The molecule has 0 saturated carbocycles. The van der Waals surface area contributed by atoms with Gasteiger partial charge in [-0.25, -0.2) is 0 Å². The number of nitrogens with two attached hydrogens (primary N) is 1. The third-order valence-electron chi connectivity index (χ3n) is 17.5. The van der Waals surface area contributed by atoms with Gasteiger partial charge in [0.2, 0.25) is 23.6 Å². The molecule has 0 aromatic heterocycles. The molecule has 5 aliphatic rings. The lowest BCUT2D eigenvalue weighted by molar-refractivity contribution is -0.307. The second-order valence-corrected chi connectivity index (χ2v) is 24.9. The average molecular weight is 1310 g/mol. The summed E-state index contributed by atoms with van der Waals surface area (Å²) in [5.41, 5.74) is 6.16. The van der Waals surface area contributed by atoms with Crippen LogP contribution in [0.2, 0.25) is 0 Å². The molecule has 92 heavy (non-hydrogen) atoms. The van der Waals surface area contributed by atoms with Crippen LogP contribution < -0.4 is 21.7 Å². The van der Waals surface area contributed by atoms with Crippen LogP contribution in [0.25, 0.3) is 0 Å². The van der Waals surface area contributed by atoms with Crippen molar-refractivity contribution >= 4 is 29.6 Å². The smallest absolute Gasteiger partial charge is 0.308 e. The summed E-state index contributed by atoms with van der Waals surface area (Å²) in [4.78, 5) is 69.4. The van der Waals surface area contributed by atoms with Crippen LogP contribution in [0.3, 0.4) is 0 Å². The molecule has 520 valence electrons. The number of nitrogens with one attached hydrogen (secondary N) is 3. The Balaban J connectivity index is 1.28. The van der Waals surface area contributed by atoms with Crippen LogP contribution in [0.4, 0.5) is 0 Å². The van der Waals surface area contributed by atoms with Gasteiger partial charge in [0.1, 0.15) is 24.5 Å². The van der Waals surface area contributed by atoms with Gasteiger partial charge in [-0.15, -0.1) is 0 Å². The van der Waals surface area contributed by atoms with Crippen molar-refractivity contribution in [2.45, 2.75) is 227 Å². The van der Waals surface area contributed by atoms with E-state index in [0.717, 1.165) is 6.42 Å². The number of hydrogen-bond donors (Lipinski definition) is 15. The first-order valence-corrected chi connectivity index (χ1v) is 32.3. The van der Waals surface area contributed by atoms with Gasteiger partial charge in [-0.05, 0) is 65.7 Å². The van der Waals surface area contributed by atoms with Crippen molar-refractivity contribution in [3.05, 3.63) is 85.1 Å². The fraction of sp³-hybridized carbons (Fsp3) is 0.708. The number of esters is 1. The zero-order valence-corrected chi connectivity index (χ0v) is 53.6. The number of rotatable bonds is 14. The molecule has 5 rings (SSSR count). The topological polar surface area (TPSA) is 423 Å². The Bertz CT molecular complexity index is 2520. The van der Waals surface area contributed by atoms with Gasteiger partial charge in [0, 0.05) is 63.7 Å². The van der Waals surface area contributed by atoms with Crippen LogP contribution in [-0.4, -0.2) is 257 Å². The second kappa shape index (κ2) is 39.0. The Morgan fingerprint density at radius 2 is 1.24 bits per heavy atom. The molecule has 4 saturated heterocycles. The Morgan fingerprint density at radius 1 is 0.652 bits per heavy atom. The first kappa shape index (κ1) is 77.6. The summed E-state index contributed by atoms with van der Waals surface area (Å²) in [5, 5.41) is 129. The molecule has 27 heteroatoms. The van der Waals surface area contributed by atoms with E-state index in [1.807, 2.05) is 13.0 Å². The van der Waals surface area contributed by atoms with Crippen LogP contribution in [-0.2, 0) is 47.7 Å². The van der Waals surface area contributed by atoms with Crippen molar-refractivity contribution < 1.29 is 104 Å². The summed E-state index contributed by atoms with van der Waals surface area (Å²) in [6.45, 7) is 8.79. The maximum atomic E-state index is 14.2. The zero-order valence-electron chi connectivity index (χ0n) is 53.6. The maximum absolute atomic E-state index is 14.2. The molecule has 0 aromatic rings. The standard InChI is InChI=1S/C65H104N6O21/c1-39-20-16-14-12-10-8-6-7-9-11-13-15-17-21-47(91-64-60(83)57(66)59(82)42(4)90-64)35-53-56(63(86)68-27-31-88-30-26-67-61(84)49-23-19-29-71(49)54(79)38-69-62(85)48-22-18-28-70(48)43(5)72)52(78)37-65(87,92-53)36-46(75)33-51(77)50(76)25-24-44(73)32-45(74)34-55(80)89-41(3)40(2)58(39)81/h6-17,20-21,39-53,56-60,64,72-78,81-83,87H,18-19,22-38,66H2,1-5H3,(H,67,84)(H,68,86)(H,69,85). The van der Waals surface area contributed by atoms with Gasteiger partial charge in [0.15, 0.2) is 12.1 Å². The first-order valence-electron chi connectivity index (χ1n) is 32.3. The molecule has 0 spiro atoms. The summed E-state index contributed by atoms with van der Waals surface area (Å²) in [5.74, 6) is -7.26. The minimum atomic E-state index is -2.37. The Morgan fingerprint density at radius 3 is 1.88 bits per heavy atom. The Kier molecular flexibility index (Phi) is 32.9. The SMILES string of the molecule is CC1C=CC=CC=CC=CC=CC=CC=CC(OC2OC(C)C(O)C(N)C2O)CC2OC(O)(CC(O)CC(O)C(O)CCC(O)CC(O)CC(=O)OC(C)C(C)C1O)CC(O)C2C(=O)NCCOCCNC(=O)C1CCCN1C(=O)CNC(=O)C1CCCN1C(C)O. The Labute approximate surface area is 539 Å². The lowest BCUT2D eigenvalue weighted by atomic mass is 9.82. The van der Waals surface area contributed by atoms with E-state index in [1.165, 1.54) is 11.8 Å². The van der Waals surface area contributed by atoms with Crippen molar-refractivity contribution in [3.63, 3.8) is 0 Å². The number of carbonyl (C=O) groups is 5. The average Bonchev–Trinajstić information content (AvgIpc) is 1.07. The molecule has 22 atom stereocenters. The minimum Gasteiger partial charge on any atom is -0.462 e. The molecule has 4 amide bonds. The molecule has 4 fully saturated rings. The van der Waals surface area contributed by atoms with Crippen molar-refractivity contribution in [3.8, 4) is 0 Å². The van der Waals surface area contributed by atoms with E-state index in [0.29, 0.717) is 32.4 Å². The van der Waals surface area contributed by atoms with Gasteiger partial charge in [0.25, 0.3) is 0 Å². The molecule has 22 unspecified atom stereocenters. The predicted octanol–water partition coefficient (Wildman–Crippen LogP) is -1.21. The molecule has 5 aliphatic heterocycles. The van der Waals surface area contributed by atoms with Gasteiger partial charge < -0.3 is 106 Å². The van der Waals surface area contributed by atoms with Crippen LogP contribution in [0.1, 0.15) is 112 Å². The number of aliphatic hydroxyl groups is 11. The number of hydrogen-bond acceptors (Lipinski definition) is 23. The summed E-state index contributed by atoms with van der Waals surface area (Å²) in [6, 6.07) is -2.51. The maximum Gasteiger partial charge on any atom is 0.308 e. The number of likely N-dealkylation sites (tertiary alicyclic amines) is 2. The summed E-state index contributed by atoms with van der Waals surface area (Å²) < 4.78 is 29.6.